The molecule has 18 heteroatoms. The van der Waals surface area contributed by atoms with Crippen LogP contribution in [0.15, 0.2) is 65.7 Å². The SMILES string of the molecule is NC(=NCCCCc1ccc(CCCCN(CC(O)c2ccc(O)c(NC=O)c2)CC(O)c2ccc(O)c(NC=O)c2)cc1)NC(=O)c1nc(Cl)c(N)nc1N. The number of aliphatic hydroxyl groups excluding tert-OH is 2. The summed E-state index contributed by atoms with van der Waals surface area (Å²) in [6.07, 6.45) is 3.68. The van der Waals surface area contributed by atoms with E-state index in [4.69, 9.17) is 28.8 Å². The average Bonchev–Trinajstić information content (AvgIpc) is 3.17. The molecule has 1 heterocycles. The van der Waals surface area contributed by atoms with Crippen molar-refractivity contribution in [2.75, 3.05) is 48.3 Å². The molecule has 0 aliphatic rings. The Morgan fingerprint density at radius 2 is 1.30 bits per heavy atom. The molecule has 0 saturated carbocycles. The normalized spacial score (nSPS) is 12.5. The average molecular weight is 791 g/mol. The van der Waals surface area contributed by atoms with Gasteiger partial charge in [0.15, 0.2) is 28.4 Å². The Hall–Kier alpha value is -6.01. The lowest BCUT2D eigenvalue weighted by Crippen LogP contribution is -2.38. The number of aliphatic hydroxyl groups is 2. The first-order valence-electron chi connectivity index (χ1n) is 17.8. The number of hydrogen-bond donors (Lipinski definition) is 10. The standard InChI is InChI=1S/C38H47ClN10O7/c39-34-36(41)47-35(40)33(46-34)37(56)48-38(42)43-15-3-1-5-23-7-9-24(10-8-23)6-2-4-16-49(19-31(54)25-11-13-29(52)27(17-25)44-21-50)20-32(55)26-12-14-30(53)28(18-26)45-22-51/h7-14,17-18,21-22,31-32,52-55H,1-6,15-16,19-20H2,(H,44,50)(H,45,51)(H4,40,41,47)(H3,42,43,48,56). The van der Waals surface area contributed by atoms with Crippen molar-refractivity contribution < 1.29 is 34.8 Å². The predicted molar refractivity (Wildman–Crippen MR) is 214 cm³/mol. The number of carbonyl (C=O) groups excluding carboxylic acids is 3. The fraction of sp³-hybridized carbons (Fsp3) is 0.316. The van der Waals surface area contributed by atoms with Crippen LogP contribution in [0.3, 0.4) is 0 Å². The molecule has 3 amide bonds. The van der Waals surface area contributed by atoms with Crippen LogP contribution in [0.2, 0.25) is 5.15 Å². The molecule has 56 heavy (non-hydrogen) atoms. The fourth-order valence-corrected chi connectivity index (χ4v) is 5.97. The van der Waals surface area contributed by atoms with E-state index in [1.165, 1.54) is 35.4 Å². The van der Waals surface area contributed by atoms with Crippen molar-refractivity contribution in [2.45, 2.75) is 50.7 Å². The van der Waals surface area contributed by atoms with Gasteiger partial charge in [-0.1, -0.05) is 48.0 Å². The number of aliphatic imine (C=N–C) groups is 1. The second kappa shape index (κ2) is 21.2. The van der Waals surface area contributed by atoms with E-state index in [0.717, 1.165) is 38.5 Å². The molecule has 2 atom stereocenters. The number of aryl methyl sites for hydroxylation is 2. The Labute approximate surface area is 328 Å². The minimum Gasteiger partial charge on any atom is -0.506 e. The maximum atomic E-state index is 12.4. The topological polar surface area (TPSA) is 288 Å². The number of guanidine groups is 1. The Kier molecular flexibility index (Phi) is 16.2. The Morgan fingerprint density at radius 1 is 0.786 bits per heavy atom. The molecule has 0 fully saturated rings. The monoisotopic (exact) mass is 790 g/mol. The van der Waals surface area contributed by atoms with Crippen molar-refractivity contribution in [3.63, 3.8) is 0 Å². The number of benzene rings is 3. The highest BCUT2D eigenvalue weighted by Crippen LogP contribution is 2.29. The summed E-state index contributed by atoms with van der Waals surface area (Å²) < 4.78 is 0. The lowest BCUT2D eigenvalue weighted by molar-refractivity contribution is -0.106. The summed E-state index contributed by atoms with van der Waals surface area (Å²) in [6.45, 7) is 1.23. The lowest BCUT2D eigenvalue weighted by atomic mass is 10.0. The highest BCUT2D eigenvalue weighted by molar-refractivity contribution is 6.31. The number of halogens is 1. The summed E-state index contributed by atoms with van der Waals surface area (Å²) in [4.78, 5) is 48.0. The Balaban J connectivity index is 1.26. The molecule has 3 aromatic carbocycles. The van der Waals surface area contributed by atoms with Crippen molar-refractivity contribution in [3.8, 4) is 11.5 Å². The molecule has 0 aliphatic heterocycles. The number of nitrogens with two attached hydrogens (primary N) is 3. The first-order valence-corrected chi connectivity index (χ1v) is 18.2. The molecule has 1 aromatic heterocycles. The van der Waals surface area contributed by atoms with Crippen molar-refractivity contribution in [1.29, 1.82) is 0 Å². The maximum Gasteiger partial charge on any atom is 0.280 e. The van der Waals surface area contributed by atoms with Gasteiger partial charge < -0.3 is 48.3 Å². The Bertz CT molecular complexity index is 1920. The van der Waals surface area contributed by atoms with Crippen LogP contribution in [0.5, 0.6) is 11.5 Å². The van der Waals surface area contributed by atoms with Gasteiger partial charge in [-0.3, -0.25) is 29.6 Å². The van der Waals surface area contributed by atoms with Crippen LogP contribution in [-0.2, 0) is 22.4 Å². The number of nitrogens with zero attached hydrogens (tertiary/aromatic N) is 4. The third-order valence-corrected chi connectivity index (χ3v) is 9.11. The number of hydrogen-bond acceptors (Lipinski definition) is 13. The molecule has 0 aliphatic carbocycles. The molecule has 298 valence electrons. The molecular weight excluding hydrogens is 744 g/mol. The number of nitrogen functional groups attached to an aromatic ring is 2. The third-order valence-electron chi connectivity index (χ3n) is 8.83. The van der Waals surface area contributed by atoms with Crippen molar-refractivity contribution in [1.82, 2.24) is 20.2 Å². The second-order valence-corrected chi connectivity index (χ2v) is 13.3. The summed E-state index contributed by atoms with van der Waals surface area (Å²) >= 11 is 5.83. The first-order chi connectivity index (χ1) is 26.9. The van der Waals surface area contributed by atoms with Gasteiger partial charge in [0.1, 0.15) is 11.5 Å². The van der Waals surface area contributed by atoms with E-state index in [1.807, 2.05) is 4.90 Å². The van der Waals surface area contributed by atoms with Crippen LogP contribution in [-0.4, -0.2) is 86.2 Å². The minimum atomic E-state index is -1.00. The van der Waals surface area contributed by atoms with Crippen molar-refractivity contribution in [3.05, 3.63) is 93.8 Å². The van der Waals surface area contributed by atoms with E-state index in [1.54, 1.807) is 12.1 Å². The molecule has 0 radical (unpaired) electrons. The maximum absolute atomic E-state index is 12.4. The summed E-state index contributed by atoms with van der Waals surface area (Å²) in [5.74, 6) is -1.31. The largest absolute Gasteiger partial charge is 0.506 e. The fourth-order valence-electron chi connectivity index (χ4n) is 5.84. The second-order valence-electron chi connectivity index (χ2n) is 13.0. The van der Waals surface area contributed by atoms with E-state index in [0.29, 0.717) is 37.0 Å². The summed E-state index contributed by atoms with van der Waals surface area (Å²) in [6, 6.07) is 17.2. The number of rotatable bonds is 21. The van der Waals surface area contributed by atoms with E-state index in [2.05, 4.69) is 55.2 Å². The molecule has 2 unspecified atom stereocenters. The summed E-state index contributed by atoms with van der Waals surface area (Å²) in [7, 11) is 0. The van der Waals surface area contributed by atoms with Gasteiger partial charge in [0.05, 0.1) is 23.6 Å². The predicted octanol–water partition coefficient (Wildman–Crippen LogP) is 3.00. The van der Waals surface area contributed by atoms with E-state index in [9.17, 15) is 34.8 Å². The van der Waals surface area contributed by atoms with Gasteiger partial charge in [-0.2, -0.15) is 0 Å². The van der Waals surface area contributed by atoms with Gasteiger partial charge in [0.2, 0.25) is 12.8 Å². The van der Waals surface area contributed by atoms with Crippen LogP contribution in [0.4, 0.5) is 23.0 Å². The molecule has 4 rings (SSSR count). The highest BCUT2D eigenvalue weighted by atomic mass is 35.5. The van der Waals surface area contributed by atoms with Gasteiger partial charge in [-0.15, -0.1) is 0 Å². The zero-order valence-corrected chi connectivity index (χ0v) is 31.3. The van der Waals surface area contributed by atoms with Gasteiger partial charge >= 0.3 is 0 Å². The van der Waals surface area contributed by atoms with Crippen LogP contribution >= 0.6 is 11.6 Å². The van der Waals surface area contributed by atoms with Crippen molar-refractivity contribution in [2.24, 2.45) is 10.7 Å². The molecule has 4 aromatic rings. The van der Waals surface area contributed by atoms with Gasteiger partial charge in [0.25, 0.3) is 5.91 Å². The number of unbranched alkanes of at least 4 members (excludes halogenated alkanes) is 2. The number of phenolic OH excluding ortho intramolecular Hbond substituents is 2. The van der Waals surface area contributed by atoms with Crippen LogP contribution in [0, 0.1) is 0 Å². The molecule has 0 spiro atoms. The minimum absolute atomic E-state index is 0.0804. The molecule has 13 N–H and O–H groups in total. The number of phenols is 2. The van der Waals surface area contributed by atoms with Crippen LogP contribution in [0.1, 0.15) is 70.6 Å². The van der Waals surface area contributed by atoms with Crippen molar-refractivity contribution >= 4 is 59.3 Å². The number of aromatic nitrogens is 2. The zero-order valence-electron chi connectivity index (χ0n) is 30.6. The first kappa shape index (κ1) is 42.7. The summed E-state index contributed by atoms with van der Waals surface area (Å²) in [5, 5.41) is 49.4. The lowest BCUT2D eigenvalue weighted by Gasteiger charge is -2.28. The number of nitrogens with one attached hydrogen (secondary N) is 3. The molecule has 17 nitrogen and oxygen atoms in total. The van der Waals surface area contributed by atoms with Crippen LogP contribution < -0.4 is 33.2 Å². The van der Waals surface area contributed by atoms with E-state index in [-0.39, 0.29) is 64.4 Å². The number of carbonyl (C=O) groups is 3. The van der Waals surface area contributed by atoms with E-state index < -0.39 is 18.1 Å². The highest BCUT2D eigenvalue weighted by Gasteiger charge is 2.20. The number of amides is 3. The van der Waals surface area contributed by atoms with Gasteiger partial charge in [0, 0.05) is 19.6 Å². The zero-order chi connectivity index (χ0) is 40.6. The quantitative estimate of drug-likeness (QED) is 0.0191. The summed E-state index contributed by atoms with van der Waals surface area (Å²) in [5.41, 5.74) is 20.5. The molecule has 0 saturated heterocycles. The van der Waals surface area contributed by atoms with Gasteiger partial charge in [-0.05, 0) is 91.6 Å². The molecular formula is C38H47ClN10O7. The number of anilines is 4. The van der Waals surface area contributed by atoms with Gasteiger partial charge in [-0.25, -0.2) is 9.97 Å². The smallest absolute Gasteiger partial charge is 0.280 e. The Morgan fingerprint density at radius 3 is 1.82 bits per heavy atom. The van der Waals surface area contributed by atoms with E-state index >= 15 is 0 Å². The number of aromatic hydroxyl groups is 2. The van der Waals surface area contributed by atoms with Crippen LogP contribution in [0.25, 0.3) is 0 Å². The third kappa shape index (κ3) is 12.8. The molecule has 0 bridgehead atoms.